The van der Waals surface area contributed by atoms with Gasteiger partial charge in [-0.3, -0.25) is 4.79 Å². The summed E-state index contributed by atoms with van der Waals surface area (Å²) in [7, 11) is 0. The van der Waals surface area contributed by atoms with Gasteiger partial charge in [0.05, 0.1) is 0 Å². The maximum atomic E-state index is 11.8. The number of amides is 1. The second-order valence-electron chi connectivity index (χ2n) is 6.82. The van der Waals surface area contributed by atoms with Gasteiger partial charge >= 0.3 is 6.09 Å². The van der Waals surface area contributed by atoms with E-state index < -0.39 is 11.7 Å². The Balaban J connectivity index is 2.72. The van der Waals surface area contributed by atoms with Crippen molar-refractivity contribution in [3.8, 4) is 0 Å². The van der Waals surface area contributed by atoms with Gasteiger partial charge in [0, 0.05) is 11.9 Å². The van der Waals surface area contributed by atoms with E-state index in [4.69, 9.17) is 16.3 Å². The Labute approximate surface area is 143 Å². The van der Waals surface area contributed by atoms with Crippen LogP contribution in [-0.2, 0) is 9.53 Å². The van der Waals surface area contributed by atoms with Gasteiger partial charge in [-0.1, -0.05) is 19.6 Å². The molecule has 1 N–H and O–H groups in total. The standard InChI is InChI=1S/C18H26ClNO3/c1-12-10-14(6-7-16(12)19)13(2)15(8-9-21)11-20-17(22)23-18(3,4)5/h6,8-9,12,16H,2,7,10-11H2,1,3-5H3,(H,20,22)/b15-8-/t12?,16-/m0/s1. The summed E-state index contributed by atoms with van der Waals surface area (Å²) in [4.78, 5) is 22.6. The molecule has 0 radical (unpaired) electrons. The number of allylic oxidation sites excluding steroid dienone is 3. The molecule has 0 aromatic rings. The minimum atomic E-state index is -0.563. The molecule has 1 amide bonds. The summed E-state index contributed by atoms with van der Waals surface area (Å²) in [6.45, 7) is 11.8. The lowest BCUT2D eigenvalue weighted by Crippen LogP contribution is -2.33. The Morgan fingerprint density at radius 3 is 2.70 bits per heavy atom. The largest absolute Gasteiger partial charge is 0.444 e. The molecule has 0 saturated carbocycles. The van der Waals surface area contributed by atoms with Crippen molar-refractivity contribution in [2.75, 3.05) is 6.54 Å². The van der Waals surface area contributed by atoms with Gasteiger partial charge in [0.2, 0.25) is 0 Å². The molecule has 5 heteroatoms. The first-order valence-electron chi connectivity index (χ1n) is 7.78. The van der Waals surface area contributed by atoms with Crippen molar-refractivity contribution in [1.82, 2.24) is 5.32 Å². The molecule has 0 aromatic heterocycles. The van der Waals surface area contributed by atoms with Crippen LogP contribution in [0.15, 0.2) is 35.5 Å². The summed E-state index contributed by atoms with van der Waals surface area (Å²) in [5.41, 5.74) is 1.96. The summed E-state index contributed by atoms with van der Waals surface area (Å²) in [6, 6.07) is 0. The molecule has 0 heterocycles. The van der Waals surface area contributed by atoms with E-state index in [1.165, 1.54) is 6.08 Å². The van der Waals surface area contributed by atoms with Gasteiger partial charge in [0.15, 0.2) is 0 Å². The molecule has 128 valence electrons. The molecule has 0 aromatic carbocycles. The zero-order chi connectivity index (χ0) is 17.6. The lowest BCUT2D eigenvalue weighted by molar-refractivity contribution is -0.104. The zero-order valence-electron chi connectivity index (χ0n) is 14.3. The summed E-state index contributed by atoms with van der Waals surface area (Å²) >= 11 is 6.22. The third-order valence-corrected chi connectivity index (χ3v) is 4.22. The number of aldehydes is 1. The molecule has 0 spiro atoms. The van der Waals surface area contributed by atoms with E-state index in [1.54, 1.807) is 20.8 Å². The highest BCUT2D eigenvalue weighted by molar-refractivity contribution is 6.21. The zero-order valence-corrected chi connectivity index (χ0v) is 15.1. The van der Waals surface area contributed by atoms with E-state index in [0.29, 0.717) is 17.8 Å². The number of alkyl carbamates (subject to hydrolysis) is 1. The van der Waals surface area contributed by atoms with Crippen molar-refractivity contribution in [3.63, 3.8) is 0 Å². The van der Waals surface area contributed by atoms with Gasteiger partial charge < -0.3 is 10.1 Å². The first-order valence-corrected chi connectivity index (χ1v) is 8.21. The highest BCUT2D eigenvalue weighted by Gasteiger charge is 2.23. The first kappa shape index (κ1) is 19.5. The molecule has 1 unspecified atom stereocenters. The normalized spacial score (nSPS) is 22.1. The third-order valence-electron chi connectivity index (χ3n) is 3.62. The number of nitrogens with one attached hydrogen (secondary N) is 1. The van der Waals surface area contributed by atoms with Crippen LogP contribution in [0.3, 0.4) is 0 Å². The fraction of sp³-hybridized carbons (Fsp3) is 0.556. The van der Waals surface area contributed by atoms with Crippen LogP contribution in [0.25, 0.3) is 0 Å². The Hall–Kier alpha value is -1.55. The van der Waals surface area contributed by atoms with Crippen molar-refractivity contribution in [2.45, 2.75) is 51.5 Å². The second-order valence-corrected chi connectivity index (χ2v) is 7.39. The van der Waals surface area contributed by atoms with E-state index in [2.05, 4.69) is 24.9 Å². The number of halogens is 1. The molecule has 1 aliphatic carbocycles. The number of alkyl halides is 1. The topological polar surface area (TPSA) is 55.4 Å². The lowest BCUT2D eigenvalue weighted by atomic mass is 9.84. The highest BCUT2D eigenvalue weighted by atomic mass is 35.5. The third kappa shape index (κ3) is 6.61. The van der Waals surface area contributed by atoms with E-state index in [9.17, 15) is 9.59 Å². The Morgan fingerprint density at radius 1 is 1.52 bits per heavy atom. The Kier molecular flexibility index (Phi) is 7.07. The lowest BCUT2D eigenvalue weighted by Gasteiger charge is -2.26. The molecule has 1 rings (SSSR count). The van der Waals surface area contributed by atoms with Crippen LogP contribution in [0, 0.1) is 5.92 Å². The SMILES string of the molecule is C=C(C1=CC[C@H](Cl)C(C)C1)/C(=C\C=O)CNC(=O)OC(C)(C)C. The molecule has 4 nitrogen and oxygen atoms in total. The maximum absolute atomic E-state index is 11.8. The Bertz CT molecular complexity index is 529. The molecule has 0 fully saturated rings. The van der Waals surface area contributed by atoms with Gasteiger partial charge in [0.25, 0.3) is 0 Å². The number of carbonyl (C=O) groups excluding carboxylic acids is 2. The van der Waals surface area contributed by atoms with Crippen molar-refractivity contribution in [1.29, 1.82) is 0 Å². The predicted molar refractivity (Wildman–Crippen MR) is 93.6 cm³/mol. The first-order chi connectivity index (χ1) is 10.6. The van der Waals surface area contributed by atoms with Gasteiger partial charge in [-0.25, -0.2) is 4.79 Å². The predicted octanol–water partition coefficient (Wildman–Crippen LogP) is 4.16. The second kappa shape index (κ2) is 8.34. The molecule has 0 bridgehead atoms. The molecule has 0 aliphatic heterocycles. The summed E-state index contributed by atoms with van der Waals surface area (Å²) in [5.74, 6) is 0.352. The summed E-state index contributed by atoms with van der Waals surface area (Å²) < 4.78 is 5.20. The van der Waals surface area contributed by atoms with Crippen LogP contribution >= 0.6 is 11.6 Å². The molecule has 23 heavy (non-hydrogen) atoms. The van der Waals surface area contributed by atoms with Crippen LogP contribution in [-0.4, -0.2) is 29.9 Å². The van der Waals surface area contributed by atoms with E-state index in [0.717, 1.165) is 24.0 Å². The van der Waals surface area contributed by atoms with Crippen LogP contribution in [0.5, 0.6) is 0 Å². The quantitative estimate of drug-likeness (QED) is 0.354. The van der Waals surface area contributed by atoms with Crippen molar-refractivity contribution >= 4 is 24.0 Å². The fourth-order valence-electron chi connectivity index (χ4n) is 2.33. The van der Waals surface area contributed by atoms with Crippen LogP contribution in [0.1, 0.15) is 40.5 Å². The molecule has 1 aliphatic rings. The number of carbonyl (C=O) groups is 2. The van der Waals surface area contributed by atoms with Gasteiger partial charge in [-0.2, -0.15) is 0 Å². The van der Waals surface area contributed by atoms with E-state index in [1.807, 2.05) is 0 Å². The van der Waals surface area contributed by atoms with Gasteiger partial charge in [-0.05, 0) is 62.3 Å². The van der Waals surface area contributed by atoms with Crippen molar-refractivity contribution in [3.05, 3.63) is 35.5 Å². The summed E-state index contributed by atoms with van der Waals surface area (Å²) in [5, 5.41) is 2.79. The van der Waals surface area contributed by atoms with Crippen molar-refractivity contribution < 1.29 is 14.3 Å². The Morgan fingerprint density at radius 2 is 2.17 bits per heavy atom. The van der Waals surface area contributed by atoms with Gasteiger partial charge in [0.1, 0.15) is 11.9 Å². The minimum Gasteiger partial charge on any atom is -0.444 e. The number of hydrogen-bond donors (Lipinski definition) is 1. The number of rotatable bonds is 5. The van der Waals surface area contributed by atoms with E-state index >= 15 is 0 Å². The van der Waals surface area contributed by atoms with Gasteiger partial charge in [-0.15, -0.1) is 11.6 Å². The summed E-state index contributed by atoms with van der Waals surface area (Å²) in [6.07, 6.45) is 5.27. The monoisotopic (exact) mass is 339 g/mol. The molecule has 0 saturated heterocycles. The average Bonchev–Trinajstić information content (AvgIpc) is 2.43. The minimum absolute atomic E-state index is 0.130. The average molecular weight is 340 g/mol. The van der Waals surface area contributed by atoms with E-state index in [-0.39, 0.29) is 11.9 Å². The molecule has 2 atom stereocenters. The molecular formula is C18H26ClNO3. The van der Waals surface area contributed by atoms with Crippen LogP contribution < -0.4 is 5.32 Å². The molecular weight excluding hydrogens is 314 g/mol. The number of ether oxygens (including phenoxy) is 1. The maximum Gasteiger partial charge on any atom is 0.407 e. The van der Waals surface area contributed by atoms with Crippen molar-refractivity contribution in [2.24, 2.45) is 5.92 Å². The fourth-order valence-corrected chi connectivity index (χ4v) is 2.51. The highest BCUT2D eigenvalue weighted by Crippen LogP contribution is 2.33. The van der Waals surface area contributed by atoms with Crippen LogP contribution in [0.4, 0.5) is 4.79 Å². The van der Waals surface area contributed by atoms with Crippen LogP contribution in [0.2, 0.25) is 0 Å². The number of hydrogen-bond acceptors (Lipinski definition) is 3. The smallest absolute Gasteiger partial charge is 0.407 e.